The summed E-state index contributed by atoms with van der Waals surface area (Å²) in [6.45, 7) is 3.98. The van der Waals surface area contributed by atoms with Crippen LogP contribution in [0.4, 0.5) is 0 Å². The molecular formula is C18H15NO. The molecule has 2 aromatic rings. The van der Waals surface area contributed by atoms with E-state index in [1.54, 1.807) is 6.07 Å². The summed E-state index contributed by atoms with van der Waals surface area (Å²) < 4.78 is 0. The van der Waals surface area contributed by atoms with Crippen molar-refractivity contribution in [1.29, 1.82) is 5.26 Å². The van der Waals surface area contributed by atoms with E-state index in [4.69, 9.17) is 0 Å². The van der Waals surface area contributed by atoms with E-state index in [2.05, 4.69) is 12.1 Å². The number of nitrogens with zero attached hydrogens (tertiary/aromatic N) is 1. The van der Waals surface area contributed by atoms with Gasteiger partial charge in [-0.3, -0.25) is 0 Å². The van der Waals surface area contributed by atoms with Gasteiger partial charge in [0.05, 0.1) is 6.07 Å². The molecule has 0 spiro atoms. The number of aryl methyl sites for hydroxylation is 1. The molecule has 1 aliphatic carbocycles. The van der Waals surface area contributed by atoms with Crippen molar-refractivity contribution in [1.82, 2.24) is 0 Å². The average molecular weight is 261 g/mol. The molecule has 0 saturated carbocycles. The Bertz CT molecular complexity index is 751. The van der Waals surface area contributed by atoms with Crippen LogP contribution in [0.3, 0.4) is 0 Å². The minimum Gasteiger partial charge on any atom is -0.507 e. The van der Waals surface area contributed by atoms with Crippen LogP contribution >= 0.6 is 0 Å². The van der Waals surface area contributed by atoms with Gasteiger partial charge >= 0.3 is 0 Å². The number of phenols is 1. The first kappa shape index (κ1) is 12.5. The predicted molar refractivity (Wildman–Crippen MR) is 79.3 cm³/mol. The van der Waals surface area contributed by atoms with Gasteiger partial charge in [-0.1, -0.05) is 43.3 Å². The summed E-state index contributed by atoms with van der Waals surface area (Å²) in [6.07, 6.45) is 0. The zero-order valence-corrected chi connectivity index (χ0v) is 11.5. The first-order valence-corrected chi connectivity index (χ1v) is 6.67. The van der Waals surface area contributed by atoms with Crippen LogP contribution in [-0.4, -0.2) is 5.11 Å². The molecule has 1 unspecified atom stereocenters. The third-order valence-corrected chi connectivity index (χ3v) is 3.89. The summed E-state index contributed by atoms with van der Waals surface area (Å²) in [7, 11) is 0. The monoisotopic (exact) mass is 261 g/mol. The molecule has 0 aliphatic heterocycles. The van der Waals surface area contributed by atoms with Crippen molar-refractivity contribution in [2.75, 3.05) is 0 Å². The Balaban J connectivity index is 2.34. The van der Waals surface area contributed by atoms with Gasteiger partial charge in [0.15, 0.2) is 0 Å². The highest BCUT2D eigenvalue weighted by Gasteiger charge is 2.31. The predicted octanol–water partition coefficient (Wildman–Crippen LogP) is 4.14. The molecule has 98 valence electrons. The van der Waals surface area contributed by atoms with Gasteiger partial charge in [-0.2, -0.15) is 5.26 Å². The second-order valence-electron chi connectivity index (χ2n) is 5.24. The Labute approximate surface area is 118 Å². The molecule has 0 fully saturated rings. The number of aromatic hydroxyl groups is 1. The highest BCUT2D eigenvalue weighted by atomic mass is 16.3. The molecule has 0 saturated heterocycles. The standard InChI is InChI=1S/C18H15NO/c1-11-8-14-12(2)15(10-19)17(18(14)16(20)9-11)13-6-4-3-5-7-13/h3-9,12,20H,1-2H3. The van der Waals surface area contributed by atoms with Crippen molar-refractivity contribution in [3.63, 3.8) is 0 Å². The Kier molecular flexibility index (Phi) is 2.84. The van der Waals surface area contributed by atoms with Gasteiger partial charge in [-0.15, -0.1) is 0 Å². The zero-order chi connectivity index (χ0) is 14.3. The molecule has 20 heavy (non-hydrogen) atoms. The number of nitriles is 1. The second-order valence-corrected chi connectivity index (χ2v) is 5.24. The molecule has 2 heteroatoms. The van der Waals surface area contributed by atoms with Crippen molar-refractivity contribution in [3.8, 4) is 11.8 Å². The van der Waals surface area contributed by atoms with Crippen LogP contribution in [0.15, 0.2) is 48.0 Å². The summed E-state index contributed by atoms with van der Waals surface area (Å²) in [5, 5.41) is 19.8. The summed E-state index contributed by atoms with van der Waals surface area (Å²) in [4.78, 5) is 0. The molecule has 2 nitrogen and oxygen atoms in total. The van der Waals surface area contributed by atoms with Gasteiger partial charge < -0.3 is 5.11 Å². The van der Waals surface area contributed by atoms with E-state index in [1.807, 2.05) is 44.2 Å². The second kappa shape index (κ2) is 4.54. The van der Waals surface area contributed by atoms with E-state index in [0.717, 1.165) is 33.4 Å². The lowest BCUT2D eigenvalue weighted by atomic mass is 9.95. The third-order valence-electron chi connectivity index (χ3n) is 3.89. The topological polar surface area (TPSA) is 44.0 Å². The van der Waals surface area contributed by atoms with E-state index in [0.29, 0.717) is 0 Å². The summed E-state index contributed by atoms with van der Waals surface area (Å²) in [5.74, 6) is 0.284. The fraction of sp³-hybridized carbons (Fsp3) is 0.167. The van der Waals surface area contributed by atoms with Crippen molar-refractivity contribution in [2.45, 2.75) is 19.8 Å². The lowest BCUT2D eigenvalue weighted by molar-refractivity contribution is 0.472. The maximum Gasteiger partial charge on any atom is 0.124 e. The van der Waals surface area contributed by atoms with E-state index in [-0.39, 0.29) is 11.7 Å². The SMILES string of the molecule is Cc1cc(O)c2c(c1)C(C)C(C#N)=C2c1ccccc1. The van der Waals surface area contributed by atoms with Crippen LogP contribution in [0.25, 0.3) is 5.57 Å². The number of phenolic OH excluding ortho intramolecular Hbond substituents is 1. The van der Waals surface area contributed by atoms with E-state index < -0.39 is 0 Å². The fourth-order valence-corrected chi connectivity index (χ4v) is 2.97. The molecule has 1 aliphatic rings. The Morgan fingerprint density at radius 3 is 2.50 bits per heavy atom. The number of allylic oxidation sites excluding steroid dienone is 1. The number of fused-ring (bicyclic) bond motifs is 1. The minimum absolute atomic E-state index is 0.0241. The van der Waals surface area contributed by atoms with Crippen molar-refractivity contribution in [3.05, 3.63) is 70.3 Å². The van der Waals surface area contributed by atoms with E-state index >= 15 is 0 Å². The van der Waals surface area contributed by atoms with Crippen LogP contribution in [0.1, 0.15) is 35.1 Å². The van der Waals surface area contributed by atoms with Gasteiger partial charge in [-0.05, 0) is 29.7 Å². The summed E-state index contributed by atoms with van der Waals surface area (Å²) in [6, 6.07) is 16.0. The van der Waals surface area contributed by atoms with Gasteiger partial charge in [0, 0.05) is 22.6 Å². The molecule has 1 N–H and O–H groups in total. The number of rotatable bonds is 1. The lowest BCUT2D eigenvalue weighted by Crippen LogP contribution is -1.92. The molecule has 0 radical (unpaired) electrons. The maximum atomic E-state index is 10.3. The fourth-order valence-electron chi connectivity index (χ4n) is 2.97. The zero-order valence-electron chi connectivity index (χ0n) is 11.5. The average Bonchev–Trinajstić information content (AvgIpc) is 2.73. The van der Waals surface area contributed by atoms with Gasteiger partial charge in [0.25, 0.3) is 0 Å². The van der Waals surface area contributed by atoms with Crippen LogP contribution in [-0.2, 0) is 0 Å². The molecule has 3 rings (SSSR count). The molecule has 0 amide bonds. The number of benzene rings is 2. The van der Waals surface area contributed by atoms with Gasteiger partial charge in [0.1, 0.15) is 5.75 Å². The van der Waals surface area contributed by atoms with Crippen LogP contribution in [0.2, 0.25) is 0 Å². The van der Waals surface area contributed by atoms with Gasteiger partial charge in [0.2, 0.25) is 0 Å². The third kappa shape index (κ3) is 1.71. The maximum absolute atomic E-state index is 10.3. The summed E-state index contributed by atoms with van der Waals surface area (Å²) >= 11 is 0. The Morgan fingerprint density at radius 1 is 1.15 bits per heavy atom. The highest BCUT2D eigenvalue weighted by Crippen LogP contribution is 2.48. The van der Waals surface area contributed by atoms with Crippen LogP contribution in [0.5, 0.6) is 5.75 Å². The van der Waals surface area contributed by atoms with E-state index in [9.17, 15) is 10.4 Å². The van der Waals surface area contributed by atoms with Crippen LogP contribution < -0.4 is 0 Å². The van der Waals surface area contributed by atoms with Crippen molar-refractivity contribution >= 4 is 5.57 Å². The van der Waals surface area contributed by atoms with Gasteiger partial charge in [-0.25, -0.2) is 0 Å². The van der Waals surface area contributed by atoms with Crippen LogP contribution in [0, 0.1) is 18.3 Å². The molecule has 0 heterocycles. The van der Waals surface area contributed by atoms with Crippen molar-refractivity contribution in [2.24, 2.45) is 0 Å². The molecule has 2 aromatic carbocycles. The number of hydrogen-bond donors (Lipinski definition) is 1. The van der Waals surface area contributed by atoms with Crippen molar-refractivity contribution < 1.29 is 5.11 Å². The lowest BCUT2D eigenvalue weighted by Gasteiger charge is -2.10. The largest absolute Gasteiger partial charge is 0.507 e. The normalized spacial score (nSPS) is 16.9. The Hall–Kier alpha value is -2.53. The molecule has 1 atom stereocenters. The van der Waals surface area contributed by atoms with E-state index in [1.165, 1.54) is 0 Å². The first-order chi connectivity index (χ1) is 9.63. The highest BCUT2D eigenvalue weighted by molar-refractivity contribution is 5.93. The molecule has 0 bridgehead atoms. The number of hydrogen-bond acceptors (Lipinski definition) is 2. The minimum atomic E-state index is 0.0241. The first-order valence-electron chi connectivity index (χ1n) is 6.67. The molecular weight excluding hydrogens is 246 g/mol. The quantitative estimate of drug-likeness (QED) is 0.838. The summed E-state index contributed by atoms with van der Waals surface area (Å²) in [5.41, 5.74) is 5.44. The Morgan fingerprint density at radius 2 is 1.85 bits per heavy atom. The smallest absolute Gasteiger partial charge is 0.124 e. The molecule has 0 aromatic heterocycles.